The number of thioether (sulfide) groups is 1. The molecule has 1 heterocycles. The minimum atomic E-state index is -0.424. The molecule has 0 saturated carbocycles. The highest BCUT2D eigenvalue weighted by Gasteiger charge is 2.35. The topological polar surface area (TPSA) is 57.6 Å². The molecule has 0 aromatic heterocycles. The highest BCUT2D eigenvalue weighted by molar-refractivity contribution is 14.1. The molecule has 0 aliphatic carbocycles. The van der Waals surface area contributed by atoms with Crippen molar-refractivity contribution in [2.75, 3.05) is 0 Å². The minimum Gasteiger partial charge on any atom is -0.506 e. The molecule has 128 valence electrons. The molecule has 1 N–H and O–H groups in total. The second-order valence-corrected chi connectivity index (χ2v) is 8.62. The summed E-state index contributed by atoms with van der Waals surface area (Å²) in [4.78, 5) is 26.1. The Morgan fingerprint density at radius 3 is 2.52 bits per heavy atom. The van der Waals surface area contributed by atoms with Crippen molar-refractivity contribution in [3.63, 3.8) is 0 Å². The van der Waals surface area contributed by atoms with Gasteiger partial charge in [0.05, 0.1) is 15.0 Å². The molecule has 4 nitrogen and oxygen atoms in total. The van der Waals surface area contributed by atoms with E-state index in [0.717, 1.165) is 20.2 Å². The number of aromatic hydroxyl groups is 1. The van der Waals surface area contributed by atoms with Gasteiger partial charge in [0.15, 0.2) is 0 Å². The predicted molar refractivity (Wildman–Crippen MR) is 111 cm³/mol. The van der Waals surface area contributed by atoms with Gasteiger partial charge in [0.2, 0.25) is 0 Å². The zero-order chi connectivity index (χ0) is 18.1. The van der Waals surface area contributed by atoms with E-state index in [9.17, 15) is 19.1 Å². The van der Waals surface area contributed by atoms with Crippen molar-refractivity contribution in [3.05, 3.63) is 65.4 Å². The maximum Gasteiger partial charge on any atom is 0.293 e. The molecular formula is C17H10FI2NO3S. The lowest BCUT2D eigenvalue weighted by molar-refractivity contribution is -0.123. The normalized spacial score (nSPS) is 16.1. The minimum absolute atomic E-state index is 0.0753. The number of nitrogens with zero attached hydrogens (tertiary/aromatic N) is 1. The summed E-state index contributed by atoms with van der Waals surface area (Å²) >= 11 is 4.96. The van der Waals surface area contributed by atoms with Gasteiger partial charge in [-0.3, -0.25) is 14.5 Å². The lowest BCUT2D eigenvalue weighted by Crippen LogP contribution is -2.27. The summed E-state index contributed by atoms with van der Waals surface area (Å²) in [6.45, 7) is 0.0815. The smallest absolute Gasteiger partial charge is 0.293 e. The molecule has 2 aromatic rings. The van der Waals surface area contributed by atoms with Gasteiger partial charge in [-0.1, -0.05) is 12.1 Å². The van der Waals surface area contributed by atoms with Crippen LogP contribution in [0.2, 0.25) is 0 Å². The SMILES string of the molecule is O=C1S/C(=C\c2cc(I)cc(I)c2O)C(=O)N1Cc1ccc(F)cc1. The summed E-state index contributed by atoms with van der Waals surface area (Å²) in [6, 6.07) is 9.21. The van der Waals surface area contributed by atoms with Gasteiger partial charge in [0.25, 0.3) is 11.1 Å². The fraction of sp³-hybridized carbons (Fsp3) is 0.0588. The molecule has 0 radical (unpaired) electrons. The molecule has 0 bridgehead atoms. The Bertz CT molecular complexity index is 900. The van der Waals surface area contributed by atoms with Gasteiger partial charge in [0, 0.05) is 9.13 Å². The first-order valence-corrected chi connectivity index (χ1v) is 10.0. The van der Waals surface area contributed by atoms with E-state index in [4.69, 9.17) is 0 Å². The van der Waals surface area contributed by atoms with Crippen LogP contribution < -0.4 is 0 Å². The van der Waals surface area contributed by atoms with Crippen LogP contribution in [0, 0.1) is 13.0 Å². The zero-order valence-corrected chi connectivity index (χ0v) is 17.6. The van der Waals surface area contributed by atoms with E-state index >= 15 is 0 Å². The van der Waals surface area contributed by atoms with Crippen LogP contribution in [0.4, 0.5) is 9.18 Å². The molecule has 8 heteroatoms. The van der Waals surface area contributed by atoms with Crippen molar-refractivity contribution >= 4 is 74.2 Å². The van der Waals surface area contributed by atoms with E-state index in [2.05, 4.69) is 22.6 Å². The Hall–Kier alpha value is -1.14. The fourth-order valence-electron chi connectivity index (χ4n) is 2.25. The average molecular weight is 581 g/mol. The monoisotopic (exact) mass is 581 g/mol. The number of phenolic OH excluding ortho intramolecular Hbond substituents is 1. The molecular weight excluding hydrogens is 571 g/mol. The molecule has 1 saturated heterocycles. The van der Waals surface area contributed by atoms with Crippen molar-refractivity contribution in [1.82, 2.24) is 4.90 Å². The molecule has 0 atom stereocenters. The number of rotatable bonds is 3. The number of benzene rings is 2. The summed E-state index contributed by atoms with van der Waals surface area (Å²) in [5.41, 5.74) is 1.15. The summed E-state index contributed by atoms with van der Waals surface area (Å²) in [6.07, 6.45) is 1.52. The fourth-order valence-corrected chi connectivity index (χ4v) is 4.96. The molecule has 0 spiro atoms. The summed E-state index contributed by atoms with van der Waals surface area (Å²) in [7, 11) is 0. The highest BCUT2D eigenvalue weighted by atomic mass is 127. The maximum absolute atomic E-state index is 13.0. The first kappa shape index (κ1) is 18.6. The molecule has 3 rings (SSSR count). The number of imide groups is 1. The second-order valence-electron chi connectivity index (χ2n) is 5.22. The molecule has 1 fully saturated rings. The van der Waals surface area contributed by atoms with E-state index in [1.165, 1.54) is 30.3 Å². The molecule has 1 aliphatic rings. The first-order chi connectivity index (χ1) is 11.8. The van der Waals surface area contributed by atoms with E-state index in [1.54, 1.807) is 6.07 Å². The van der Waals surface area contributed by atoms with E-state index < -0.39 is 5.91 Å². The quantitative estimate of drug-likeness (QED) is 0.411. The van der Waals surface area contributed by atoms with E-state index in [1.807, 2.05) is 28.7 Å². The molecule has 0 unspecified atom stereocenters. The van der Waals surface area contributed by atoms with Gasteiger partial charge in [-0.05, 0) is 92.8 Å². The van der Waals surface area contributed by atoms with Crippen LogP contribution in [0.15, 0.2) is 41.3 Å². The largest absolute Gasteiger partial charge is 0.506 e. The third-order valence-corrected chi connectivity index (χ3v) is 5.82. The number of carbonyl (C=O) groups excluding carboxylic acids is 2. The van der Waals surface area contributed by atoms with Crippen molar-refractivity contribution in [2.24, 2.45) is 0 Å². The second kappa shape index (κ2) is 7.62. The van der Waals surface area contributed by atoms with Crippen molar-refractivity contribution in [1.29, 1.82) is 0 Å². The third kappa shape index (κ3) is 4.17. The Morgan fingerprint density at radius 2 is 1.84 bits per heavy atom. The average Bonchev–Trinajstić information content (AvgIpc) is 2.81. The zero-order valence-electron chi connectivity index (χ0n) is 12.5. The maximum atomic E-state index is 13.0. The van der Waals surface area contributed by atoms with Gasteiger partial charge in [-0.25, -0.2) is 4.39 Å². The van der Waals surface area contributed by atoms with Crippen LogP contribution in [0.5, 0.6) is 5.75 Å². The standard InChI is InChI=1S/C17H10FI2NO3S/c18-11-3-1-9(2-4-11)8-21-16(23)14(25-17(21)24)6-10-5-12(19)7-13(20)15(10)22/h1-7,22H,8H2/b14-6-. The van der Waals surface area contributed by atoms with E-state index in [0.29, 0.717) is 14.7 Å². The number of phenols is 1. The van der Waals surface area contributed by atoms with Crippen LogP contribution in [-0.2, 0) is 11.3 Å². The number of carbonyl (C=O) groups is 2. The number of amides is 2. The summed E-state index contributed by atoms with van der Waals surface area (Å²) in [5.74, 6) is -0.722. The summed E-state index contributed by atoms with van der Waals surface area (Å²) < 4.78 is 14.6. The molecule has 25 heavy (non-hydrogen) atoms. The van der Waals surface area contributed by atoms with Crippen LogP contribution >= 0.6 is 56.9 Å². The number of hydrogen-bond donors (Lipinski definition) is 1. The van der Waals surface area contributed by atoms with Gasteiger partial charge >= 0.3 is 0 Å². The summed E-state index contributed by atoms with van der Waals surface area (Å²) in [5, 5.41) is 9.76. The van der Waals surface area contributed by atoms with Gasteiger partial charge in [0.1, 0.15) is 11.6 Å². The van der Waals surface area contributed by atoms with Gasteiger partial charge < -0.3 is 5.11 Å². The molecule has 2 amide bonds. The molecule has 2 aromatic carbocycles. The Balaban J connectivity index is 1.87. The number of halogens is 3. The van der Waals surface area contributed by atoms with Gasteiger partial charge in [-0.15, -0.1) is 0 Å². The lowest BCUT2D eigenvalue weighted by atomic mass is 10.2. The third-order valence-electron chi connectivity index (χ3n) is 3.47. The van der Waals surface area contributed by atoms with Crippen molar-refractivity contribution in [3.8, 4) is 5.75 Å². The van der Waals surface area contributed by atoms with E-state index in [-0.39, 0.29) is 28.3 Å². The Kier molecular flexibility index (Phi) is 5.68. The highest BCUT2D eigenvalue weighted by Crippen LogP contribution is 2.36. The van der Waals surface area contributed by atoms with Crippen LogP contribution in [0.25, 0.3) is 6.08 Å². The Morgan fingerprint density at radius 1 is 1.16 bits per heavy atom. The predicted octanol–water partition coefficient (Wildman–Crippen LogP) is 4.98. The van der Waals surface area contributed by atoms with Gasteiger partial charge in [-0.2, -0.15) is 0 Å². The van der Waals surface area contributed by atoms with Crippen LogP contribution in [0.3, 0.4) is 0 Å². The number of hydrogen-bond acceptors (Lipinski definition) is 4. The Labute approximate surface area is 174 Å². The van der Waals surface area contributed by atoms with Crippen LogP contribution in [-0.4, -0.2) is 21.2 Å². The van der Waals surface area contributed by atoms with Crippen LogP contribution in [0.1, 0.15) is 11.1 Å². The lowest BCUT2D eigenvalue weighted by Gasteiger charge is -2.12. The first-order valence-electron chi connectivity index (χ1n) is 7.03. The van der Waals surface area contributed by atoms with Crippen molar-refractivity contribution < 1.29 is 19.1 Å². The van der Waals surface area contributed by atoms with Crippen molar-refractivity contribution in [2.45, 2.75) is 6.54 Å². The molecule has 1 aliphatic heterocycles.